The minimum Gasteiger partial charge on any atom is -0.488 e. The Labute approximate surface area is 83.9 Å². The van der Waals surface area contributed by atoms with Crippen LogP contribution in [0.3, 0.4) is 0 Å². The van der Waals surface area contributed by atoms with E-state index in [0.29, 0.717) is 11.4 Å². The third-order valence-electron chi connectivity index (χ3n) is 2.04. The predicted octanol–water partition coefficient (Wildman–Crippen LogP) is 2.64. The molecule has 0 bridgehead atoms. The second-order valence-electron chi connectivity index (χ2n) is 3.61. The average molecular weight is 197 g/mol. The molecule has 0 radical (unpaired) electrons. The van der Waals surface area contributed by atoms with Crippen LogP contribution in [0.15, 0.2) is 24.3 Å². The van der Waals surface area contributed by atoms with Gasteiger partial charge in [-0.25, -0.2) is 4.39 Å². The van der Waals surface area contributed by atoms with Crippen molar-refractivity contribution in [2.24, 2.45) is 5.92 Å². The molecule has 0 aliphatic carbocycles. The Morgan fingerprint density at radius 1 is 1.36 bits per heavy atom. The van der Waals surface area contributed by atoms with Crippen LogP contribution in [0.25, 0.3) is 0 Å². The molecule has 0 fully saturated rings. The Morgan fingerprint density at radius 3 is 2.57 bits per heavy atom. The number of nitrogens with two attached hydrogens (primary N) is 1. The molecule has 0 aliphatic heterocycles. The van der Waals surface area contributed by atoms with Crippen molar-refractivity contribution in [3.8, 4) is 5.75 Å². The van der Waals surface area contributed by atoms with E-state index in [4.69, 9.17) is 10.5 Å². The Kier molecular flexibility index (Phi) is 3.74. The van der Waals surface area contributed by atoms with Crippen molar-refractivity contribution in [3.05, 3.63) is 24.3 Å². The van der Waals surface area contributed by atoms with Crippen molar-refractivity contribution in [1.82, 2.24) is 0 Å². The van der Waals surface area contributed by atoms with Crippen molar-refractivity contribution >= 4 is 5.69 Å². The molecule has 78 valence electrons. The first-order chi connectivity index (χ1) is 6.61. The third kappa shape index (κ3) is 2.91. The maximum Gasteiger partial charge on any atom is 0.142 e. The van der Waals surface area contributed by atoms with Crippen LogP contribution in [0.2, 0.25) is 0 Å². The van der Waals surface area contributed by atoms with Gasteiger partial charge in [0.1, 0.15) is 18.5 Å². The Hall–Kier alpha value is -1.25. The Morgan fingerprint density at radius 2 is 2.00 bits per heavy atom. The number of nitrogen functional groups attached to an aromatic ring is 1. The first-order valence-corrected chi connectivity index (χ1v) is 4.72. The molecule has 0 amide bonds. The lowest BCUT2D eigenvalue weighted by Gasteiger charge is -2.14. The zero-order valence-electron chi connectivity index (χ0n) is 8.53. The van der Waals surface area contributed by atoms with Gasteiger partial charge < -0.3 is 10.5 Å². The van der Waals surface area contributed by atoms with Gasteiger partial charge in [-0.2, -0.15) is 0 Å². The van der Waals surface area contributed by atoms with Crippen molar-refractivity contribution in [2.75, 3.05) is 12.3 Å². The average Bonchev–Trinajstić information content (AvgIpc) is 2.16. The van der Waals surface area contributed by atoms with Gasteiger partial charge >= 0.3 is 0 Å². The van der Waals surface area contributed by atoms with Crippen LogP contribution in [0.5, 0.6) is 5.75 Å². The van der Waals surface area contributed by atoms with E-state index in [2.05, 4.69) is 0 Å². The number of hydrogen-bond acceptors (Lipinski definition) is 2. The number of para-hydroxylation sites is 2. The molecule has 2 nitrogen and oxygen atoms in total. The predicted molar refractivity (Wildman–Crippen MR) is 56.1 cm³/mol. The number of hydrogen-bond donors (Lipinski definition) is 1. The van der Waals surface area contributed by atoms with Gasteiger partial charge in [0.25, 0.3) is 0 Å². The van der Waals surface area contributed by atoms with Gasteiger partial charge in [0, 0.05) is 0 Å². The van der Waals surface area contributed by atoms with E-state index in [1.165, 1.54) is 0 Å². The highest BCUT2D eigenvalue weighted by Gasteiger charge is 2.12. The number of halogens is 1. The number of benzene rings is 1. The Bertz CT molecular complexity index is 288. The molecule has 0 unspecified atom stereocenters. The minimum absolute atomic E-state index is 0.0278. The normalized spacial score (nSPS) is 12.9. The number of anilines is 1. The fourth-order valence-corrected chi connectivity index (χ4v) is 0.974. The first-order valence-electron chi connectivity index (χ1n) is 4.72. The SMILES string of the molecule is CC(C)[C@@H](F)COc1ccccc1N. The van der Waals surface area contributed by atoms with Gasteiger partial charge in [-0.05, 0) is 18.1 Å². The molecule has 3 heteroatoms. The van der Waals surface area contributed by atoms with Crippen molar-refractivity contribution in [2.45, 2.75) is 20.0 Å². The van der Waals surface area contributed by atoms with Crippen LogP contribution in [0.4, 0.5) is 10.1 Å². The highest BCUT2D eigenvalue weighted by atomic mass is 19.1. The molecular weight excluding hydrogens is 181 g/mol. The monoisotopic (exact) mass is 197 g/mol. The van der Waals surface area contributed by atoms with Crippen molar-refractivity contribution in [3.63, 3.8) is 0 Å². The molecule has 0 saturated heterocycles. The fourth-order valence-electron chi connectivity index (χ4n) is 0.974. The topological polar surface area (TPSA) is 35.2 Å². The summed E-state index contributed by atoms with van der Waals surface area (Å²) < 4.78 is 18.4. The van der Waals surface area contributed by atoms with Crippen LogP contribution in [-0.2, 0) is 0 Å². The van der Waals surface area contributed by atoms with E-state index in [0.717, 1.165) is 0 Å². The van der Waals surface area contributed by atoms with E-state index < -0.39 is 6.17 Å². The van der Waals surface area contributed by atoms with E-state index in [1.54, 1.807) is 12.1 Å². The standard InChI is InChI=1S/C11H16FNO/c1-8(2)9(12)7-14-11-6-4-3-5-10(11)13/h3-6,8-9H,7,13H2,1-2H3/t9-/m0/s1. The zero-order chi connectivity index (χ0) is 10.6. The van der Waals surface area contributed by atoms with E-state index in [1.807, 2.05) is 26.0 Å². The van der Waals surface area contributed by atoms with Gasteiger partial charge in [-0.1, -0.05) is 26.0 Å². The number of ether oxygens (including phenoxy) is 1. The molecule has 1 rings (SSSR count). The summed E-state index contributed by atoms with van der Waals surface area (Å²) >= 11 is 0. The Balaban J connectivity index is 2.50. The fraction of sp³-hybridized carbons (Fsp3) is 0.455. The molecular formula is C11H16FNO. The maximum atomic E-state index is 13.2. The van der Waals surface area contributed by atoms with E-state index >= 15 is 0 Å². The van der Waals surface area contributed by atoms with Crippen LogP contribution >= 0.6 is 0 Å². The second kappa shape index (κ2) is 4.84. The van der Waals surface area contributed by atoms with Gasteiger partial charge in [-0.15, -0.1) is 0 Å². The van der Waals surface area contributed by atoms with Crippen molar-refractivity contribution < 1.29 is 9.13 Å². The highest BCUT2D eigenvalue weighted by molar-refractivity contribution is 5.51. The third-order valence-corrected chi connectivity index (χ3v) is 2.04. The largest absolute Gasteiger partial charge is 0.488 e. The summed E-state index contributed by atoms with van der Waals surface area (Å²) in [6, 6.07) is 7.10. The summed E-state index contributed by atoms with van der Waals surface area (Å²) in [6.45, 7) is 3.70. The molecule has 2 N–H and O–H groups in total. The van der Waals surface area contributed by atoms with Crippen LogP contribution in [-0.4, -0.2) is 12.8 Å². The van der Waals surface area contributed by atoms with Crippen LogP contribution < -0.4 is 10.5 Å². The molecule has 0 saturated carbocycles. The second-order valence-corrected chi connectivity index (χ2v) is 3.61. The molecule has 0 heterocycles. The summed E-state index contributed by atoms with van der Waals surface area (Å²) in [5, 5.41) is 0. The van der Waals surface area contributed by atoms with Crippen LogP contribution in [0.1, 0.15) is 13.8 Å². The zero-order valence-corrected chi connectivity index (χ0v) is 8.53. The molecule has 1 atom stereocenters. The van der Waals surface area contributed by atoms with E-state index in [9.17, 15) is 4.39 Å². The van der Waals surface area contributed by atoms with Crippen molar-refractivity contribution in [1.29, 1.82) is 0 Å². The lowest BCUT2D eigenvalue weighted by atomic mass is 10.1. The maximum absolute atomic E-state index is 13.2. The van der Waals surface area contributed by atoms with Gasteiger partial charge in [0.15, 0.2) is 0 Å². The lowest BCUT2D eigenvalue weighted by molar-refractivity contribution is 0.156. The number of rotatable bonds is 4. The summed E-state index contributed by atoms with van der Waals surface area (Å²) in [5.74, 6) is 0.524. The quantitative estimate of drug-likeness (QED) is 0.753. The number of alkyl halides is 1. The summed E-state index contributed by atoms with van der Waals surface area (Å²) in [4.78, 5) is 0. The molecule has 0 aliphatic rings. The molecule has 1 aromatic carbocycles. The van der Waals surface area contributed by atoms with Gasteiger partial charge in [0.05, 0.1) is 5.69 Å². The first kappa shape index (κ1) is 10.8. The molecule has 14 heavy (non-hydrogen) atoms. The van der Waals surface area contributed by atoms with E-state index in [-0.39, 0.29) is 12.5 Å². The smallest absolute Gasteiger partial charge is 0.142 e. The minimum atomic E-state index is -0.949. The summed E-state index contributed by atoms with van der Waals surface area (Å²) in [5.41, 5.74) is 6.18. The lowest BCUT2D eigenvalue weighted by Crippen LogP contribution is -2.19. The molecule has 1 aromatic rings. The molecule has 0 aromatic heterocycles. The van der Waals surface area contributed by atoms with Crippen LogP contribution in [0, 0.1) is 5.92 Å². The van der Waals surface area contributed by atoms with Gasteiger partial charge in [0.2, 0.25) is 0 Å². The summed E-state index contributed by atoms with van der Waals surface area (Å²) in [7, 11) is 0. The van der Waals surface area contributed by atoms with Gasteiger partial charge in [-0.3, -0.25) is 0 Å². The highest BCUT2D eigenvalue weighted by Crippen LogP contribution is 2.20. The summed E-state index contributed by atoms with van der Waals surface area (Å²) in [6.07, 6.45) is -0.949. The molecule has 0 spiro atoms.